The van der Waals surface area contributed by atoms with Crippen LogP contribution in [0.1, 0.15) is 30.9 Å². The summed E-state index contributed by atoms with van der Waals surface area (Å²) in [5.74, 6) is 0.0414. The summed E-state index contributed by atoms with van der Waals surface area (Å²) in [6.07, 6.45) is 2.23. The zero-order valence-electron chi connectivity index (χ0n) is 13.0. The van der Waals surface area contributed by atoms with Crippen molar-refractivity contribution in [1.29, 1.82) is 0 Å². The third kappa shape index (κ3) is 4.55. The van der Waals surface area contributed by atoms with Crippen LogP contribution in [-0.4, -0.2) is 26.2 Å². The van der Waals surface area contributed by atoms with E-state index in [-0.39, 0.29) is 11.9 Å². The van der Waals surface area contributed by atoms with Gasteiger partial charge in [0.05, 0.1) is 6.04 Å². The van der Waals surface area contributed by atoms with Crippen LogP contribution in [0.3, 0.4) is 0 Å². The van der Waals surface area contributed by atoms with E-state index in [4.69, 9.17) is 10.5 Å². The highest BCUT2D eigenvalue weighted by molar-refractivity contribution is 5.83. The van der Waals surface area contributed by atoms with Crippen LogP contribution in [0.2, 0.25) is 0 Å². The second kappa shape index (κ2) is 8.51. The lowest BCUT2D eigenvalue weighted by molar-refractivity contribution is -0.121. The van der Waals surface area contributed by atoms with Crippen molar-refractivity contribution in [3.05, 3.63) is 48.0 Å². The van der Waals surface area contributed by atoms with E-state index in [2.05, 4.69) is 29.6 Å². The number of amides is 1. The lowest BCUT2D eigenvalue weighted by Crippen LogP contribution is -2.33. The van der Waals surface area contributed by atoms with E-state index >= 15 is 0 Å². The highest BCUT2D eigenvalue weighted by Crippen LogP contribution is 2.20. The third-order valence-corrected chi connectivity index (χ3v) is 3.75. The molecule has 0 bridgehead atoms. The first-order valence-electron chi connectivity index (χ1n) is 7.71. The van der Waals surface area contributed by atoms with Crippen LogP contribution >= 0.6 is 0 Å². The van der Waals surface area contributed by atoms with Gasteiger partial charge < -0.3 is 15.8 Å². The van der Waals surface area contributed by atoms with Gasteiger partial charge in [-0.05, 0) is 35.2 Å². The van der Waals surface area contributed by atoms with Crippen molar-refractivity contribution in [1.82, 2.24) is 5.32 Å². The summed E-state index contributed by atoms with van der Waals surface area (Å²) in [6.45, 7) is 1.08. The zero-order valence-corrected chi connectivity index (χ0v) is 13.0. The molecule has 0 aliphatic rings. The lowest BCUT2D eigenvalue weighted by atomic mass is 10.0. The largest absolute Gasteiger partial charge is 0.385 e. The number of hydrogen-bond acceptors (Lipinski definition) is 3. The number of carbonyl (C=O) groups excluding carboxylic acids is 1. The van der Waals surface area contributed by atoms with E-state index < -0.39 is 0 Å². The standard InChI is InChI=1S/C18H24N2O2/c1-22-11-5-4-8-18(21)20-17(13-19)16-10-9-14-6-2-3-7-15(14)12-16/h2-3,6-7,9-10,12,17H,4-5,8,11,13,19H2,1H3,(H,20,21). The zero-order chi connectivity index (χ0) is 15.8. The number of ether oxygens (including phenoxy) is 1. The molecule has 4 nitrogen and oxygen atoms in total. The molecule has 0 aliphatic carbocycles. The van der Waals surface area contributed by atoms with Gasteiger partial charge in [-0.3, -0.25) is 4.79 Å². The molecule has 3 N–H and O–H groups in total. The first kappa shape index (κ1) is 16.5. The van der Waals surface area contributed by atoms with Crippen molar-refractivity contribution in [3.8, 4) is 0 Å². The van der Waals surface area contributed by atoms with E-state index in [1.54, 1.807) is 7.11 Å². The summed E-state index contributed by atoms with van der Waals surface area (Å²) in [5.41, 5.74) is 6.89. The van der Waals surface area contributed by atoms with E-state index in [1.165, 1.54) is 5.39 Å². The number of hydrogen-bond donors (Lipinski definition) is 2. The number of carbonyl (C=O) groups is 1. The second-order valence-electron chi connectivity index (χ2n) is 5.41. The van der Waals surface area contributed by atoms with Gasteiger partial charge in [0, 0.05) is 26.7 Å². The van der Waals surface area contributed by atoms with Crippen molar-refractivity contribution in [3.63, 3.8) is 0 Å². The first-order valence-corrected chi connectivity index (χ1v) is 7.71. The Balaban J connectivity index is 1.98. The molecule has 22 heavy (non-hydrogen) atoms. The molecule has 1 amide bonds. The maximum absolute atomic E-state index is 12.0. The molecule has 1 unspecified atom stereocenters. The van der Waals surface area contributed by atoms with Crippen LogP contribution < -0.4 is 11.1 Å². The van der Waals surface area contributed by atoms with Gasteiger partial charge in [-0.25, -0.2) is 0 Å². The number of benzene rings is 2. The summed E-state index contributed by atoms with van der Waals surface area (Å²) in [4.78, 5) is 12.0. The molecule has 0 aliphatic heterocycles. The number of unbranched alkanes of at least 4 members (excludes halogenated alkanes) is 1. The average Bonchev–Trinajstić information content (AvgIpc) is 2.56. The van der Waals surface area contributed by atoms with Gasteiger partial charge >= 0.3 is 0 Å². The minimum Gasteiger partial charge on any atom is -0.385 e. The molecule has 0 fully saturated rings. The van der Waals surface area contributed by atoms with Gasteiger partial charge in [-0.1, -0.05) is 36.4 Å². The quantitative estimate of drug-likeness (QED) is 0.737. The Hall–Kier alpha value is -1.91. The highest BCUT2D eigenvalue weighted by atomic mass is 16.5. The number of nitrogens with two attached hydrogens (primary N) is 1. The Morgan fingerprint density at radius 3 is 2.68 bits per heavy atom. The Morgan fingerprint density at radius 2 is 1.95 bits per heavy atom. The number of nitrogens with one attached hydrogen (secondary N) is 1. The van der Waals surface area contributed by atoms with E-state index in [0.717, 1.165) is 23.8 Å². The maximum atomic E-state index is 12.0. The van der Waals surface area contributed by atoms with E-state index in [1.807, 2.05) is 18.2 Å². The summed E-state index contributed by atoms with van der Waals surface area (Å²) < 4.78 is 4.98. The van der Waals surface area contributed by atoms with Crippen molar-refractivity contribution >= 4 is 16.7 Å². The van der Waals surface area contributed by atoms with Crippen LogP contribution in [0.5, 0.6) is 0 Å². The molecule has 0 radical (unpaired) electrons. The first-order chi connectivity index (χ1) is 10.7. The Kier molecular flexibility index (Phi) is 6.37. The van der Waals surface area contributed by atoms with Gasteiger partial charge in [0.25, 0.3) is 0 Å². The van der Waals surface area contributed by atoms with Crippen LogP contribution in [0, 0.1) is 0 Å². The van der Waals surface area contributed by atoms with Gasteiger partial charge in [0.15, 0.2) is 0 Å². The monoisotopic (exact) mass is 300 g/mol. The fourth-order valence-corrected chi connectivity index (χ4v) is 2.50. The fourth-order valence-electron chi connectivity index (χ4n) is 2.50. The predicted octanol–water partition coefficient (Wildman–Crippen LogP) is 2.77. The van der Waals surface area contributed by atoms with E-state index in [0.29, 0.717) is 19.6 Å². The maximum Gasteiger partial charge on any atom is 0.220 e. The molecule has 1 atom stereocenters. The van der Waals surface area contributed by atoms with Crippen LogP contribution in [0.25, 0.3) is 10.8 Å². The number of rotatable bonds is 8. The Morgan fingerprint density at radius 1 is 1.18 bits per heavy atom. The number of fused-ring (bicyclic) bond motifs is 1. The summed E-state index contributed by atoms with van der Waals surface area (Å²) in [7, 11) is 1.67. The molecule has 0 heterocycles. The molecule has 0 spiro atoms. The highest BCUT2D eigenvalue weighted by Gasteiger charge is 2.13. The van der Waals surface area contributed by atoms with Crippen LogP contribution in [-0.2, 0) is 9.53 Å². The lowest BCUT2D eigenvalue weighted by Gasteiger charge is -2.18. The van der Waals surface area contributed by atoms with Gasteiger partial charge in [-0.2, -0.15) is 0 Å². The molecule has 118 valence electrons. The van der Waals surface area contributed by atoms with E-state index in [9.17, 15) is 4.79 Å². The summed E-state index contributed by atoms with van der Waals surface area (Å²) in [5, 5.41) is 5.37. The minimum atomic E-state index is -0.139. The molecule has 2 rings (SSSR count). The van der Waals surface area contributed by atoms with Crippen molar-refractivity contribution in [2.24, 2.45) is 5.73 Å². The van der Waals surface area contributed by atoms with Crippen LogP contribution in [0.15, 0.2) is 42.5 Å². The predicted molar refractivity (Wildman–Crippen MR) is 89.6 cm³/mol. The Bertz CT molecular complexity index is 613. The second-order valence-corrected chi connectivity index (χ2v) is 5.41. The minimum absolute atomic E-state index is 0.0414. The SMILES string of the molecule is COCCCCC(=O)NC(CN)c1ccc2ccccc2c1. The molecular weight excluding hydrogens is 276 g/mol. The van der Waals surface area contributed by atoms with Gasteiger partial charge in [-0.15, -0.1) is 0 Å². The molecule has 2 aromatic rings. The fraction of sp³-hybridized carbons (Fsp3) is 0.389. The summed E-state index contributed by atoms with van der Waals surface area (Å²) >= 11 is 0. The third-order valence-electron chi connectivity index (χ3n) is 3.75. The summed E-state index contributed by atoms with van der Waals surface area (Å²) in [6, 6.07) is 14.2. The van der Waals surface area contributed by atoms with Crippen molar-refractivity contribution in [2.75, 3.05) is 20.3 Å². The molecule has 0 aromatic heterocycles. The molecule has 0 saturated heterocycles. The van der Waals surface area contributed by atoms with Gasteiger partial charge in [0.2, 0.25) is 5.91 Å². The normalized spacial score (nSPS) is 12.3. The average molecular weight is 300 g/mol. The number of methoxy groups -OCH3 is 1. The van der Waals surface area contributed by atoms with Crippen molar-refractivity contribution < 1.29 is 9.53 Å². The van der Waals surface area contributed by atoms with Gasteiger partial charge in [0.1, 0.15) is 0 Å². The molecule has 0 saturated carbocycles. The van der Waals surface area contributed by atoms with Crippen LogP contribution in [0.4, 0.5) is 0 Å². The Labute approximate surface area is 131 Å². The molecular formula is C18H24N2O2. The molecule has 2 aromatic carbocycles. The van der Waals surface area contributed by atoms with Crippen molar-refractivity contribution in [2.45, 2.75) is 25.3 Å². The topological polar surface area (TPSA) is 64.3 Å². The smallest absolute Gasteiger partial charge is 0.220 e. The molecule has 4 heteroatoms.